The van der Waals surface area contributed by atoms with Gasteiger partial charge in [-0.1, -0.05) is 135 Å². The molecule has 57 heavy (non-hydrogen) atoms. The van der Waals surface area contributed by atoms with E-state index in [0.29, 0.717) is 0 Å². The summed E-state index contributed by atoms with van der Waals surface area (Å²) in [5.74, 6) is 0. The molecule has 0 amide bonds. The zero-order chi connectivity index (χ0) is 38.1. The summed E-state index contributed by atoms with van der Waals surface area (Å²) in [5.41, 5.74) is 13.3. The third kappa shape index (κ3) is 5.22. The van der Waals surface area contributed by atoms with Crippen molar-refractivity contribution in [2.24, 2.45) is 0 Å². The molecular weight excluding hydrogens is 693 g/mol. The molecule has 2 aromatic heterocycles. The highest BCUT2D eigenvalue weighted by atomic mass is 15.2. The van der Waals surface area contributed by atoms with Crippen LogP contribution in [0.1, 0.15) is 25.0 Å². The fraction of sp³-hybridized carbons (Fsp3) is 0.0566. The summed E-state index contributed by atoms with van der Waals surface area (Å²) >= 11 is 0. The first kappa shape index (κ1) is 33.1. The molecule has 1 aliphatic carbocycles. The number of para-hydroxylation sites is 4. The van der Waals surface area contributed by atoms with E-state index < -0.39 is 0 Å². The topological polar surface area (TPSA) is 32.3 Å². The van der Waals surface area contributed by atoms with E-state index in [1.54, 1.807) is 0 Å². The average molecular weight is 731 g/mol. The summed E-state index contributed by atoms with van der Waals surface area (Å²) in [5, 5.41) is 6.78. The van der Waals surface area contributed by atoms with Crippen molar-refractivity contribution < 1.29 is 0 Å². The molecule has 8 aromatic carbocycles. The summed E-state index contributed by atoms with van der Waals surface area (Å²) in [6, 6.07) is 65.5. The second-order valence-corrected chi connectivity index (χ2v) is 15.5. The van der Waals surface area contributed by atoms with Gasteiger partial charge in [-0.25, -0.2) is 0 Å². The van der Waals surface area contributed by atoms with Crippen molar-refractivity contribution in [3.05, 3.63) is 206 Å². The molecule has 4 heteroatoms. The molecule has 10 aromatic rings. The fourth-order valence-electron chi connectivity index (χ4n) is 9.14. The normalized spacial score (nSPS) is 12.9. The molecule has 0 N–H and O–H groups in total. The van der Waals surface area contributed by atoms with E-state index in [4.69, 9.17) is 9.97 Å². The predicted molar refractivity (Wildman–Crippen MR) is 239 cm³/mol. The maximum atomic E-state index is 5.01. The van der Waals surface area contributed by atoms with Gasteiger partial charge in [0.05, 0.1) is 46.2 Å². The number of aromatic nitrogens is 2. The van der Waals surface area contributed by atoms with Crippen LogP contribution in [-0.2, 0) is 5.41 Å². The van der Waals surface area contributed by atoms with Crippen LogP contribution in [0.15, 0.2) is 194 Å². The summed E-state index contributed by atoms with van der Waals surface area (Å²) < 4.78 is 0. The largest absolute Gasteiger partial charge is 0.308 e. The minimum absolute atomic E-state index is 0.202. The Hall–Kier alpha value is -7.30. The lowest BCUT2D eigenvalue weighted by atomic mass is 9.81. The van der Waals surface area contributed by atoms with Crippen molar-refractivity contribution in [2.75, 3.05) is 9.80 Å². The Labute approximate surface area is 331 Å². The Balaban J connectivity index is 1.32. The van der Waals surface area contributed by atoms with Gasteiger partial charge in [0, 0.05) is 49.1 Å². The number of anilines is 6. The number of hydrogen-bond donors (Lipinski definition) is 0. The molecule has 0 saturated heterocycles. The highest BCUT2D eigenvalue weighted by Crippen LogP contribution is 2.56. The SMILES string of the molecule is CC1(C)c2ccccc2-c2cc3c(N(c4ccccc4)c4cnc5ccccc5c4)c4ccccc4c(N(c4ccccc4)c4cnc5ccccc5c4)c3cc21. The second kappa shape index (κ2) is 12.9. The van der Waals surface area contributed by atoms with Gasteiger partial charge in [-0.3, -0.25) is 9.97 Å². The number of rotatable bonds is 6. The Morgan fingerprint density at radius 1 is 0.368 bits per heavy atom. The molecule has 11 rings (SSSR count). The maximum absolute atomic E-state index is 5.01. The molecule has 2 heterocycles. The highest BCUT2D eigenvalue weighted by Gasteiger charge is 2.37. The minimum atomic E-state index is -0.202. The lowest BCUT2D eigenvalue weighted by molar-refractivity contribution is 0.661. The first-order valence-electron chi connectivity index (χ1n) is 19.6. The molecule has 0 unspecified atom stereocenters. The zero-order valence-corrected chi connectivity index (χ0v) is 31.8. The summed E-state index contributed by atoms with van der Waals surface area (Å²) in [4.78, 5) is 14.9. The Bertz CT molecular complexity index is 3170. The van der Waals surface area contributed by atoms with Crippen LogP contribution < -0.4 is 9.80 Å². The van der Waals surface area contributed by atoms with E-state index in [9.17, 15) is 0 Å². The van der Waals surface area contributed by atoms with E-state index in [1.807, 2.05) is 24.5 Å². The van der Waals surface area contributed by atoms with Gasteiger partial charge < -0.3 is 9.80 Å². The highest BCUT2D eigenvalue weighted by molar-refractivity contribution is 6.24. The number of nitrogens with zero attached hydrogens (tertiary/aromatic N) is 4. The van der Waals surface area contributed by atoms with Crippen LogP contribution in [0.4, 0.5) is 34.1 Å². The molecule has 0 bridgehead atoms. The Morgan fingerprint density at radius 3 is 1.39 bits per heavy atom. The van der Waals surface area contributed by atoms with Crippen LogP contribution in [0, 0.1) is 0 Å². The van der Waals surface area contributed by atoms with Gasteiger partial charge in [0.25, 0.3) is 0 Å². The van der Waals surface area contributed by atoms with Gasteiger partial charge in [-0.05, 0) is 82.9 Å². The molecule has 4 nitrogen and oxygen atoms in total. The van der Waals surface area contributed by atoms with Gasteiger partial charge in [0.1, 0.15) is 0 Å². The van der Waals surface area contributed by atoms with Crippen molar-refractivity contribution in [1.82, 2.24) is 9.97 Å². The van der Waals surface area contributed by atoms with Crippen LogP contribution in [0.5, 0.6) is 0 Å². The van der Waals surface area contributed by atoms with E-state index in [1.165, 1.54) is 22.3 Å². The van der Waals surface area contributed by atoms with Crippen molar-refractivity contribution in [3.63, 3.8) is 0 Å². The molecule has 0 saturated carbocycles. The number of hydrogen-bond acceptors (Lipinski definition) is 4. The van der Waals surface area contributed by atoms with Crippen molar-refractivity contribution in [3.8, 4) is 11.1 Å². The molecular formula is C53H38N4. The smallest absolute Gasteiger partial charge is 0.0703 e. The maximum Gasteiger partial charge on any atom is 0.0703 e. The molecule has 0 fully saturated rings. The lowest BCUT2D eigenvalue weighted by Crippen LogP contribution is -2.17. The van der Waals surface area contributed by atoms with Crippen LogP contribution in [0.2, 0.25) is 0 Å². The third-order valence-corrected chi connectivity index (χ3v) is 11.8. The zero-order valence-electron chi connectivity index (χ0n) is 31.8. The molecule has 0 radical (unpaired) electrons. The first-order chi connectivity index (χ1) is 28.0. The Morgan fingerprint density at radius 2 is 0.825 bits per heavy atom. The molecule has 0 spiro atoms. The fourth-order valence-corrected chi connectivity index (χ4v) is 9.14. The quantitative estimate of drug-likeness (QED) is 0.126. The standard InChI is InChI=1S/C53H38N4/c1-53(2)47-26-14-13-23-41(47)44-31-45-46(32-48(44)53)52(57(38-21-7-4-8-22-38)40-30-36-18-10-16-28-50(36)55-34-40)43-25-12-11-24-42(43)51(45)56(37-19-5-3-6-20-37)39-29-35-17-9-15-27-49(35)54-33-39/h3-34H,1-2H3. The number of fused-ring (bicyclic) bond motifs is 7. The third-order valence-electron chi connectivity index (χ3n) is 11.8. The molecule has 1 aliphatic rings. The van der Waals surface area contributed by atoms with Crippen LogP contribution in [-0.4, -0.2) is 9.97 Å². The monoisotopic (exact) mass is 730 g/mol. The molecule has 0 atom stereocenters. The van der Waals surface area contributed by atoms with E-state index >= 15 is 0 Å². The van der Waals surface area contributed by atoms with Gasteiger partial charge >= 0.3 is 0 Å². The average Bonchev–Trinajstić information content (AvgIpc) is 3.49. The summed E-state index contributed by atoms with van der Waals surface area (Å²) in [6.45, 7) is 4.73. The van der Waals surface area contributed by atoms with Crippen LogP contribution in [0.25, 0.3) is 54.5 Å². The summed E-state index contributed by atoms with van der Waals surface area (Å²) in [7, 11) is 0. The van der Waals surface area contributed by atoms with Crippen molar-refractivity contribution in [1.29, 1.82) is 0 Å². The molecule has 270 valence electrons. The van der Waals surface area contributed by atoms with E-state index in [2.05, 4.69) is 194 Å². The van der Waals surface area contributed by atoms with Crippen molar-refractivity contribution in [2.45, 2.75) is 19.3 Å². The van der Waals surface area contributed by atoms with E-state index in [0.717, 1.165) is 77.5 Å². The first-order valence-corrected chi connectivity index (χ1v) is 19.6. The summed E-state index contributed by atoms with van der Waals surface area (Å²) in [6.07, 6.45) is 4.04. The second-order valence-electron chi connectivity index (χ2n) is 15.5. The minimum Gasteiger partial charge on any atom is -0.308 e. The van der Waals surface area contributed by atoms with Gasteiger partial charge in [0.15, 0.2) is 0 Å². The van der Waals surface area contributed by atoms with E-state index in [-0.39, 0.29) is 5.41 Å². The molecule has 0 aliphatic heterocycles. The van der Waals surface area contributed by atoms with Crippen LogP contribution >= 0.6 is 0 Å². The van der Waals surface area contributed by atoms with Gasteiger partial charge in [-0.2, -0.15) is 0 Å². The van der Waals surface area contributed by atoms with Gasteiger partial charge in [-0.15, -0.1) is 0 Å². The number of pyridine rings is 2. The number of benzene rings is 8. The van der Waals surface area contributed by atoms with Gasteiger partial charge in [0.2, 0.25) is 0 Å². The van der Waals surface area contributed by atoms with Crippen LogP contribution in [0.3, 0.4) is 0 Å². The van der Waals surface area contributed by atoms with Crippen molar-refractivity contribution >= 4 is 77.5 Å². The lowest BCUT2D eigenvalue weighted by Gasteiger charge is -2.33. The predicted octanol–water partition coefficient (Wildman–Crippen LogP) is 14.3. The Kier molecular flexibility index (Phi) is 7.48.